The molecule has 9 heteroatoms. The summed E-state index contributed by atoms with van der Waals surface area (Å²) in [6.07, 6.45) is 0. The van der Waals surface area contributed by atoms with E-state index in [9.17, 15) is 22.8 Å². The van der Waals surface area contributed by atoms with Crippen LogP contribution in [0, 0.1) is 0 Å². The van der Waals surface area contributed by atoms with E-state index in [1.54, 1.807) is 24.3 Å². The van der Waals surface area contributed by atoms with Gasteiger partial charge in [0.05, 0.1) is 16.0 Å². The van der Waals surface area contributed by atoms with Gasteiger partial charge in [-0.25, -0.2) is 8.42 Å². The van der Waals surface area contributed by atoms with Crippen LogP contribution in [-0.2, 0) is 10.0 Å². The number of anilines is 2. The molecule has 0 unspecified atom stereocenters. The zero-order valence-corrected chi connectivity index (χ0v) is 18.3. The third-order valence-electron chi connectivity index (χ3n) is 5.40. The summed E-state index contributed by atoms with van der Waals surface area (Å²) in [5.74, 6) is -1.51. The Labute approximate surface area is 194 Å². The number of nitrogens with one attached hydrogen (secondary N) is 3. The molecular formula is C25H17N3O5S. The van der Waals surface area contributed by atoms with Crippen molar-refractivity contribution in [2.75, 3.05) is 10.0 Å². The Balaban J connectivity index is 1.36. The van der Waals surface area contributed by atoms with Crippen molar-refractivity contribution in [2.24, 2.45) is 0 Å². The Hall–Kier alpha value is -4.50. The van der Waals surface area contributed by atoms with Gasteiger partial charge in [0.25, 0.3) is 27.7 Å². The highest BCUT2D eigenvalue weighted by Crippen LogP contribution is 2.23. The Morgan fingerprint density at radius 2 is 1.47 bits per heavy atom. The number of rotatable bonds is 5. The summed E-state index contributed by atoms with van der Waals surface area (Å²) in [5.41, 5.74) is 1.18. The van der Waals surface area contributed by atoms with Crippen molar-refractivity contribution in [3.63, 3.8) is 0 Å². The van der Waals surface area contributed by atoms with Crippen molar-refractivity contribution in [1.82, 2.24) is 5.32 Å². The number of imide groups is 1. The predicted molar refractivity (Wildman–Crippen MR) is 127 cm³/mol. The third kappa shape index (κ3) is 4.00. The number of carbonyl (C=O) groups is 3. The van der Waals surface area contributed by atoms with Crippen LogP contribution in [-0.4, -0.2) is 26.1 Å². The average molecular weight is 471 g/mol. The zero-order valence-electron chi connectivity index (χ0n) is 17.5. The van der Waals surface area contributed by atoms with Crippen LogP contribution >= 0.6 is 0 Å². The molecule has 0 radical (unpaired) electrons. The Bertz CT molecular complexity index is 1610. The Kier molecular flexibility index (Phi) is 5.10. The van der Waals surface area contributed by atoms with E-state index in [1.807, 2.05) is 24.3 Å². The fourth-order valence-corrected chi connectivity index (χ4v) is 4.81. The monoisotopic (exact) mass is 471 g/mol. The van der Waals surface area contributed by atoms with Crippen LogP contribution in [0.1, 0.15) is 31.1 Å². The van der Waals surface area contributed by atoms with Gasteiger partial charge in [0.2, 0.25) is 0 Å². The molecule has 0 atom stereocenters. The molecule has 0 fully saturated rings. The molecule has 1 aliphatic rings. The van der Waals surface area contributed by atoms with E-state index in [-0.39, 0.29) is 27.3 Å². The van der Waals surface area contributed by atoms with Gasteiger partial charge in [-0.2, -0.15) is 0 Å². The highest BCUT2D eigenvalue weighted by atomic mass is 32.2. The number of hydrogen-bond donors (Lipinski definition) is 3. The van der Waals surface area contributed by atoms with Gasteiger partial charge in [-0.1, -0.05) is 36.4 Å². The van der Waals surface area contributed by atoms with Crippen molar-refractivity contribution in [3.05, 3.63) is 102 Å². The van der Waals surface area contributed by atoms with Crippen molar-refractivity contribution in [1.29, 1.82) is 0 Å². The maximum Gasteiger partial charge on any atom is 0.261 e. The van der Waals surface area contributed by atoms with Crippen LogP contribution in [0.2, 0.25) is 0 Å². The summed E-state index contributed by atoms with van der Waals surface area (Å²) in [6.45, 7) is 0. The van der Waals surface area contributed by atoms with Crippen LogP contribution in [0.3, 0.4) is 0 Å². The standard InChI is InChI=1S/C25H17N3O5S/c29-23(26-18-9-11-21-22(14-18)25(31)27-24(21)30)17-6-3-7-19(12-17)28-34(32,33)20-10-8-15-4-1-2-5-16(15)13-20/h1-14,28H,(H,26,29)(H,27,30,31). The lowest BCUT2D eigenvalue weighted by Crippen LogP contribution is -2.19. The average Bonchev–Trinajstić information content (AvgIpc) is 3.11. The lowest BCUT2D eigenvalue weighted by atomic mass is 10.1. The molecule has 8 nitrogen and oxygen atoms in total. The van der Waals surface area contributed by atoms with Gasteiger partial charge >= 0.3 is 0 Å². The normalized spacial score (nSPS) is 12.8. The largest absolute Gasteiger partial charge is 0.322 e. The topological polar surface area (TPSA) is 121 Å². The minimum atomic E-state index is -3.88. The van der Waals surface area contributed by atoms with Crippen LogP contribution < -0.4 is 15.4 Å². The molecule has 0 saturated heterocycles. The fourth-order valence-electron chi connectivity index (χ4n) is 3.72. The first-order chi connectivity index (χ1) is 16.3. The molecule has 5 rings (SSSR count). The molecule has 0 aromatic heterocycles. The highest BCUT2D eigenvalue weighted by molar-refractivity contribution is 7.92. The van der Waals surface area contributed by atoms with E-state index in [0.717, 1.165) is 10.8 Å². The molecular weight excluding hydrogens is 454 g/mol. The number of fused-ring (bicyclic) bond motifs is 2. The minimum absolute atomic E-state index is 0.104. The third-order valence-corrected chi connectivity index (χ3v) is 6.78. The summed E-state index contributed by atoms with van der Waals surface area (Å²) in [6, 6.07) is 22.7. The second-order valence-electron chi connectivity index (χ2n) is 7.69. The second-order valence-corrected chi connectivity index (χ2v) is 9.38. The molecule has 3 N–H and O–H groups in total. The van der Waals surface area contributed by atoms with Crippen molar-refractivity contribution in [3.8, 4) is 0 Å². The second kappa shape index (κ2) is 8.13. The van der Waals surface area contributed by atoms with Crippen molar-refractivity contribution < 1.29 is 22.8 Å². The molecule has 34 heavy (non-hydrogen) atoms. The molecule has 0 spiro atoms. The lowest BCUT2D eigenvalue weighted by Gasteiger charge is -2.11. The summed E-state index contributed by atoms with van der Waals surface area (Å²) in [7, 11) is -3.88. The summed E-state index contributed by atoms with van der Waals surface area (Å²) in [4.78, 5) is 36.4. The van der Waals surface area contributed by atoms with Crippen LogP contribution in [0.15, 0.2) is 89.8 Å². The molecule has 4 aromatic rings. The molecule has 0 aliphatic carbocycles. The molecule has 1 heterocycles. The molecule has 1 aliphatic heterocycles. The van der Waals surface area contributed by atoms with Gasteiger partial charge < -0.3 is 5.32 Å². The van der Waals surface area contributed by atoms with Gasteiger partial charge in [0.1, 0.15) is 0 Å². The van der Waals surface area contributed by atoms with Crippen molar-refractivity contribution in [2.45, 2.75) is 4.90 Å². The highest BCUT2D eigenvalue weighted by Gasteiger charge is 2.27. The first-order valence-corrected chi connectivity index (χ1v) is 11.7. The Morgan fingerprint density at radius 1 is 0.706 bits per heavy atom. The van der Waals surface area contributed by atoms with Crippen LogP contribution in [0.5, 0.6) is 0 Å². The van der Waals surface area contributed by atoms with E-state index < -0.39 is 27.7 Å². The molecule has 3 amide bonds. The smallest absolute Gasteiger partial charge is 0.261 e. The summed E-state index contributed by atoms with van der Waals surface area (Å²) < 4.78 is 28.3. The zero-order chi connectivity index (χ0) is 23.9. The number of benzene rings is 4. The summed E-state index contributed by atoms with van der Waals surface area (Å²) >= 11 is 0. The van der Waals surface area contributed by atoms with E-state index in [4.69, 9.17) is 0 Å². The first-order valence-electron chi connectivity index (χ1n) is 10.2. The van der Waals surface area contributed by atoms with E-state index in [1.165, 1.54) is 36.4 Å². The number of sulfonamides is 1. The maximum atomic E-state index is 12.9. The van der Waals surface area contributed by atoms with E-state index in [2.05, 4.69) is 15.4 Å². The molecule has 0 saturated carbocycles. The molecule has 0 bridgehead atoms. The van der Waals surface area contributed by atoms with Crippen LogP contribution in [0.25, 0.3) is 10.8 Å². The van der Waals surface area contributed by atoms with Gasteiger partial charge in [-0.05, 0) is 59.3 Å². The molecule has 4 aromatic carbocycles. The lowest BCUT2D eigenvalue weighted by molar-refractivity contribution is 0.0878. The van der Waals surface area contributed by atoms with Crippen LogP contribution in [0.4, 0.5) is 11.4 Å². The predicted octanol–water partition coefficient (Wildman–Crippen LogP) is 3.78. The van der Waals surface area contributed by atoms with E-state index in [0.29, 0.717) is 5.69 Å². The molecule has 168 valence electrons. The van der Waals surface area contributed by atoms with Gasteiger partial charge in [-0.15, -0.1) is 0 Å². The quantitative estimate of drug-likeness (QED) is 0.383. The fraction of sp³-hybridized carbons (Fsp3) is 0. The number of hydrogen-bond acceptors (Lipinski definition) is 5. The van der Waals surface area contributed by atoms with Gasteiger partial charge in [0, 0.05) is 16.9 Å². The SMILES string of the molecule is O=C(Nc1ccc2c(c1)C(=O)NC2=O)c1cccc(NS(=O)(=O)c2ccc3ccccc3c2)c1. The minimum Gasteiger partial charge on any atom is -0.322 e. The summed E-state index contributed by atoms with van der Waals surface area (Å²) in [5, 5.41) is 6.57. The van der Waals surface area contributed by atoms with Gasteiger partial charge in [0.15, 0.2) is 0 Å². The van der Waals surface area contributed by atoms with Crippen molar-refractivity contribution >= 4 is 49.9 Å². The number of carbonyl (C=O) groups excluding carboxylic acids is 3. The van der Waals surface area contributed by atoms with E-state index >= 15 is 0 Å². The maximum absolute atomic E-state index is 12.9. The number of amides is 3. The Morgan fingerprint density at radius 3 is 2.29 bits per heavy atom. The first kappa shape index (κ1) is 21.4. The van der Waals surface area contributed by atoms with Gasteiger partial charge in [-0.3, -0.25) is 24.4 Å².